The zero-order valence-electron chi connectivity index (χ0n) is 13.4. The van der Waals surface area contributed by atoms with E-state index in [1.165, 1.54) is 0 Å². The van der Waals surface area contributed by atoms with E-state index in [2.05, 4.69) is 15.6 Å². The Hall–Kier alpha value is -2.47. The Morgan fingerprint density at radius 1 is 1.17 bits per heavy atom. The van der Waals surface area contributed by atoms with Crippen molar-refractivity contribution < 1.29 is 14.3 Å². The Bertz CT molecular complexity index is 735. The van der Waals surface area contributed by atoms with Crippen LogP contribution in [0.1, 0.15) is 23.2 Å². The number of H-pyrrole nitrogens is 1. The third-order valence-corrected chi connectivity index (χ3v) is 4.48. The summed E-state index contributed by atoms with van der Waals surface area (Å²) in [6, 6.07) is 5.96. The zero-order valence-corrected chi connectivity index (χ0v) is 13.4. The summed E-state index contributed by atoms with van der Waals surface area (Å²) in [4.78, 5) is 15.7. The number of ether oxygens (including phenoxy) is 2. The van der Waals surface area contributed by atoms with Crippen LogP contribution >= 0.6 is 0 Å². The Morgan fingerprint density at radius 3 is 2.88 bits per heavy atom. The molecule has 1 fully saturated rings. The number of carbonyl (C=O) groups excluding carboxylic acids is 1. The van der Waals surface area contributed by atoms with Crippen molar-refractivity contribution in [1.82, 2.24) is 15.6 Å². The molecule has 0 bridgehead atoms. The van der Waals surface area contributed by atoms with E-state index in [1.807, 2.05) is 24.4 Å². The fraction of sp³-hybridized carbons (Fsp3) is 0.389. The maximum absolute atomic E-state index is 12.6. The van der Waals surface area contributed by atoms with Gasteiger partial charge in [-0.3, -0.25) is 4.79 Å². The molecule has 6 nitrogen and oxygen atoms in total. The van der Waals surface area contributed by atoms with Gasteiger partial charge in [0.25, 0.3) is 5.91 Å². The summed E-state index contributed by atoms with van der Waals surface area (Å²) < 4.78 is 11.2. The maximum Gasteiger partial charge on any atom is 0.253 e. The predicted octanol–water partition coefficient (Wildman–Crippen LogP) is 1.93. The minimum absolute atomic E-state index is 0.0464. The molecule has 0 unspecified atom stereocenters. The largest absolute Gasteiger partial charge is 0.486 e. The van der Waals surface area contributed by atoms with Crippen LogP contribution in [0.3, 0.4) is 0 Å². The van der Waals surface area contributed by atoms with Gasteiger partial charge in [0, 0.05) is 30.5 Å². The summed E-state index contributed by atoms with van der Waals surface area (Å²) in [5.74, 6) is 1.43. The molecular formula is C18H21N3O3. The standard InChI is InChI=1S/C18H21N3O3/c22-18(21-13-2-1-5-19-9-13)15-11-20-10-14(15)12-3-4-16-17(8-12)24-7-6-23-16/h3-4,8,10-11,13,19-20H,1-2,5-7,9H2,(H,21,22)/t13-/m0/s1. The molecule has 0 radical (unpaired) electrons. The molecule has 4 rings (SSSR count). The first kappa shape index (κ1) is 15.1. The van der Waals surface area contributed by atoms with Gasteiger partial charge in [-0.25, -0.2) is 0 Å². The molecule has 1 saturated heterocycles. The predicted molar refractivity (Wildman–Crippen MR) is 90.6 cm³/mol. The molecule has 3 heterocycles. The molecule has 0 spiro atoms. The topological polar surface area (TPSA) is 75.4 Å². The first-order valence-corrected chi connectivity index (χ1v) is 8.39. The van der Waals surface area contributed by atoms with E-state index in [4.69, 9.17) is 9.47 Å². The van der Waals surface area contributed by atoms with E-state index in [9.17, 15) is 4.79 Å². The van der Waals surface area contributed by atoms with E-state index >= 15 is 0 Å². The third-order valence-electron chi connectivity index (χ3n) is 4.48. The highest BCUT2D eigenvalue weighted by atomic mass is 16.6. The van der Waals surface area contributed by atoms with Crippen molar-refractivity contribution in [1.29, 1.82) is 0 Å². The molecule has 24 heavy (non-hydrogen) atoms. The van der Waals surface area contributed by atoms with Crippen molar-refractivity contribution >= 4 is 5.91 Å². The summed E-state index contributed by atoms with van der Waals surface area (Å²) in [7, 11) is 0. The number of aromatic nitrogens is 1. The number of rotatable bonds is 3. The number of hydrogen-bond donors (Lipinski definition) is 3. The summed E-state index contributed by atoms with van der Waals surface area (Å²) in [5.41, 5.74) is 2.46. The Labute approximate surface area is 140 Å². The fourth-order valence-electron chi connectivity index (χ4n) is 3.24. The Balaban J connectivity index is 1.56. The molecule has 0 aliphatic carbocycles. The van der Waals surface area contributed by atoms with Gasteiger partial charge in [-0.2, -0.15) is 0 Å². The second kappa shape index (κ2) is 6.57. The molecular weight excluding hydrogens is 306 g/mol. The van der Waals surface area contributed by atoms with Crippen LogP contribution < -0.4 is 20.1 Å². The minimum Gasteiger partial charge on any atom is -0.486 e. The maximum atomic E-state index is 12.6. The lowest BCUT2D eigenvalue weighted by molar-refractivity contribution is 0.0931. The summed E-state index contributed by atoms with van der Waals surface area (Å²) in [5, 5.41) is 6.43. The third kappa shape index (κ3) is 2.97. The quantitative estimate of drug-likeness (QED) is 0.805. The first-order chi connectivity index (χ1) is 11.8. The molecule has 1 atom stereocenters. The van der Waals surface area contributed by atoms with Crippen LogP contribution in [0.2, 0.25) is 0 Å². The molecule has 6 heteroatoms. The van der Waals surface area contributed by atoms with E-state index < -0.39 is 0 Å². The normalized spacial score (nSPS) is 19.8. The van der Waals surface area contributed by atoms with Crippen molar-refractivity contribution in [2.75, 3.05) is 26.3 Å². The van der Waals surface area contributed by atoms with E-state index in [0.717, 1.165) is 48.6 Å². The van der Waals surface area contributed by atoms with Crippen molar-refractivity contribution in [2.45, 2.75) is 18.9 Å². The highest BCUT2D eigenvalue weighted by Gasteiger charge is 2.20. The highest BCUT2D eigenvalue weighted by molar-refractivity contribution is 6.01. The van der Waals surface area contributed by atoms with E-state index in [-0.39, 0.29) is 11.9 Å². The van der Waals surface area contributed by atoms with Gasteiger partial charge in [-0.1, -0.05) is 6.07 Å². The number of aromatic amines is 1. The lowest BCUT2D eigenvalue weighted by atomic mass is 10.0. The number of hydrogen-bond acceptors (Lipinski definition) is 4. The number of amides is 1. The van der Waals surface area contributed by atoms with Crippen LogP contribution in [0.25, 0.3) is 11.1 Å². The molecule has 1 amide bonds. The summed E-state index contributed by atoms with van der Waals surface area (Å²) in [6.07, 6.45) is 5.70. The van der Waals surface area contributed by atoms with Crippen LogP contribution in [0.15, 0.2) is 30.6 Å². The SMILES string of the molecule is O=C(N[C@H]1CCCNC1)c1c[nH]cc1-c1ccc2c(c1)OCCO2. The minimum atomic E-state index is -0.0464. The van der Waals surface area contributed by atoms with Crippen LogP contribution in [-0.4, -0.2) is 43.2 Å². The van der Waals surface area contributed by atoms with Crippen molar-refractivity contribution in [3.63, 3.8) is 0 Å². The van der Waals surface area contributed by atoms with Crippen LogP contribution in [0.4, 0.5) is 0 Å². The second-order valence-electron chi connectivity index (χ2n) is 6.16. The lowest BCUT2D eigenvalue weighted by Crippen LogP contribution is -2.45. The van der Waals surface area contributed by atoms with Gasteiger partial charge in [0.05, 0.1) is 5.56 Å². The molecule has 2 aliphatic rings. The monoisotopic (exact) mass is 327 g/mol. The van der Waals surface area contributed by atoms with Crippen molar-refractivity contribution in [2.24, 2.45) is 0 Å². The van der Waals surface area contributed by atoms with Gasteiger partial charge in [0.1, 0.15) is 13.2 Å². The van der Waals surface area contributed by atoms with E-state index in [0.29, 0.717) is 18.8 Å². The number of carbonyl (C=O) groups is 1. The van der Waals surface area contributed by atoms with Crippen LogP contribution in [0.5, 0.6) is 11.5 Å². The van der Waals surface area contributed by atoms with Gasteiger partial charge < -0.3 is 25.1 Å². The van der Waals surface area contributed by atoms with Crippen molar-refractivity contribution in [3.05, 3.63) is 36.2 Å². The molecule has 3 N–H and O–H groups in total. The average Bonchev–Trinajstić information content (AvgIpc) is 3.12. The number of nitrogens with one attached hydrogen (secondary N) is 3. The van der Waals surface area contributed by atoms with Gasteiger partial charge in [0.2, 0.25) is 0 Å². The molecule has 0 saturated carbocycles. The fourth-order valence-corrected chi connectivity index (χ4v) is 3.24. The number of fused-ring (bicyclic) bond motifs is 1. The van der Waals surface area contributed by atoms with E-state index in [1.54, 1.807) is 6.20 Å². The Kier molecular flexibility index (Phi) is 4.13. The summed E-state index contributed by atoms with van der Waals surface area (Å²) in [6.45, 7) is 2.97. The molecule has 126 valence electrons. The lowest BCUT2D eigenvalue weighted by Gasteiger charge is -2.24. The van der Waals surface area contributed by atoms with Gasteiger partial charge in [-0.15, -0.1) is 0 Å². The zero-order chi connectivity index (χ0) is 16.4. The molecule has 2 aliphatic heterocycles. The highest BCUT2D eigenvalue weighted by Crippen LogP contribution is 2.35. The second-order valence-corrected chi connectivity index (χ2v) is 6.16. The van der Waals surface area contributed by atoms with Crippen LogP contribution in [0, 0.1) is 0 Å². The van der Waals surface area contributed by atoms with Gasteiger partial charge in [-0.05, 0) is 37.1 Å². The Morgan fingerprint density at radius 2 is 2.04 bits per heavy atom. The molecule has 1 aromatic heterocycles. The molecule has 2 aromatic rings. The van der Waals surface area contributed by atoms with Gasteiger partial charge >= 0.3 is 0 Å². The smallest absolute Gasteiger partial charge is 0.253 e. The summed E-state index contributed by atoms with van der Waals surface area (Å²) >= 11 is 0. The first-order valence-electron chi connectivity index (χ1n) is 8.39. The average molecular weight is 327 g/mol. The van der Waals surface area contributed by atoms with Crippen LogP contribution in [-0.2, 0) is 0 Å². The molecule has 1 aromatic carbocycles. The van der Waals surface area contributed by atoms with Crippen molar-refractivity contribution in [3.8, 4) is 22.6 Å². The van der Waals surface area contributed by atoms with Gasteiger partial charge in [0.15, 0.2) is 11.5 Å². The number of piperidine rings is 1. The number of benzene rings is 1.